The minimum absolute atomic E-state index is 0.00586. The van der Waals surface area contributed by atoms with E-state index in [1.807, 2.05) is 69.9 Å². The van der Waals surface area contributed by atoms with Gasteiger partial charge in [0.2, 0.25) is 23.6 Å². The number of hydrogen-bond acceptors (Lipinski definition) is 7. The van der Waals surface area contributed by atoms with Gasteiger partial charge in [0.1, 0.15) is 23.9 Å². The van der Waals surface area contributed by atoms with E-state index >= 15 is 0 Å². The maximum absolute atomic E-state index is 13.7. The lowest BCUT2D eigenvalue weighted by molar-refractivity contribution is -0.133. The van der Waals surface area contributed by atoms with Crippen molar-refractivity contribution >= 4 is 23.6 Å². The van der Waals surface area contributed by atoms with Crippen molar-refractivity contribution in [2.45, 2.75) is 91.5 Å². The Labute approximate surface area is 242 Å². The van der Waals surface area contributed by atoms with E-state index in [-0.39, 0.29) is 36.7 Å². The Morgan fingerprint density at radius 2 is 1.61 bits per heavy atom. The van der Waals surface area contributed by atoms with Gasteiger partial charge in [0.05, 0.1) is 12.2 Å². The van der Waals surface area contributed by atoms with Crippen LogP contribution >= 0.6 is 0 Å². The number of benzene rings is 1. The summed E-state index contributed by atoms with van der Waals surface area (Å²) in [6, 6.07) is 6.59. The average Bonchev–Trinajstić information content (AvgIpc) is 3.23. The van der Waals surface area contributed by atoms with E-state index < -0.39 is 29.9 Å². The molecular weight excluding hydrogens is 524 g/mol. The molecule has 0 aliphatic carbocycles. The molecule has 1 aromatic heterocycles. The molecule has 0 saturated carbocycles. The standard InChI is InChI=1S/C30H44N6O5/c1-7-23-15-36(16-24-19(4)35-41-21(24)6)17-27(37)31-20(5)28(38)33-25(13-18(2)3)30(40)34-26(29(39)32-23)14-22-11-9-8-10-12-22/h8-12,18,20,23,25-26H,7,13-17H2,1-6H3,(H,31,37)(H,32,39)(H,33,38)(H,34,40)/t20-,23+,25+,26+/m1/s1. The Hall–Kier alpha value is -3.73. The minimum Gasteiger partial charge on any atom is -0.361 e. The second-order valence-corrected chi connectivity index (χ2v) is 11.3. The van der Waals surface area contributed by atoms with Crippen molar-refractivity contribution in [3.8, 4) is 0 Å². The summed E-state index contributed by atoms with van der Waals surface area (Å²) >= 11 is 0. The van der Waals surface area contributed by atoms with Crippen LogP contribution in [0.5, 0.6) is 0 Å². The van der Waals surface area contributed by atoms with E-state index in [0.29, 0.717) is 31.7 Å². The molecular formula is C30H44N6O5. The predicted octanol–water partition coefficient (Wildman–Crippen LogP) is 1.76. The first kappa shape index (κ1) is 31.8. The molecule has 1 aromatic carbocycles. The van der Waals surface area contributed by atoms with Gasteiger partial charge in [-0.25, -0.2) is 0 Å². The minimum atomic E-state index is -0.865. The molecule has 0 bridgehead atoms. The number of hydrogen-bond donors (Lipinski definition) is 4. The molecule has 4 N–H and O–H groups in total. The summed E-state index contributed by atoms with van der Waals surface area (Å²) in [7, 11) is 0. The van der Waals surface area contributed by atoms with E-state index in [9.17, 15) is 19.2 Å². The van der Waals surface area contributed by atoms with Crippen molar-refractivity contribution in [2.75, 3.05) is 13.1 Å². The van der Waals surface area contributed by atoms with Crippen molar-refractivity contribution in [3.05, 3.63) is 52.9 Å². The van der Waals surface area contributed by atoms with Crippen molar-refractivity contribution in [2.24, 2.45) is 5.92 Å². The van der Waals surface area contributed by atoms with E-state index in [0.717, 1.165) is 16.8 Å². The topological polar surface area (TPSA) is 146 Å². The van der Waals surface area contributed by atoms with E-state index in [4.69, 9.17) is 4.52 Å². The van der Waals surface area contributed by atoms with Crippen LogP contribution in [0, 0.1) is 19.8 Å². The van der Waals surface area contributed by atoms with E-state index in [1.54, 1.807) is 6.92 Å². The Morgan fingerprint density at radius 1 is 0.951 bits per heavy atom. The Morgan fingerprint density at radius 3 is 2.22 bits per heavy atom. The molecule has 4 atom stereocenters. The number of amides is 4. The summed E-state index contributed by atoms with van der Waals surface area (Å²) in [6.45, 7) is 11.8. The first-order valence-corrected chi connectivity index (χ1v) is 14.3. The van der Waals surface area contributed by atoms with Crippen LogP contribution in [0.3, 0.4) is 0 Å². The van der Waals surface area contributed by atoms with Crippen molar-refractivity contribution < 1.29 is 23.7 Å². The molecule has 1 aliphatic rings. The van der Waals surface area contributed by atoms with Crippen LogP contribution in [0.1, 0.15) is 63.1 Å². The summed E-state index contributed by atoms with van der Waals surface area (Å²) in [5.41, 5.74) is 2.49. The van der Waals surface area contributed by atoms with E-state index in [1.165, 1.54) is 0 Å². The zero-order valence-corrected chi connectivity index (χ0v) is 25.0. The Bertz CT molecular complexity index is 1180. The third kappa shape index (κ3) is 9.41. The molecule has 1 saturated heterocycles. The summed E-state index contributed by atoms with van der Waals surface area (Å²) in [6.07, 6.45) is 1.26. The first-order valence-electron chi connectivity index (χ1n) is 14.3. The van der Waals surface area contributed by atoms with Crippen LogP contribution in [0.15, 0.2) is 34.9 Å². The van der Waals surface area contributed by atoms with Gasteiger partial charge in [-0.15, -0.1) is 0 Å². The summed E-state index contributed by atoms with van der Waals surface area (Å²) in [5.74, 6) is -0.824. The quantitative estimate of drug-likeness (QED) is 0.398. The second-order valence-electron chi connectivity index (χ2n) is 11.3. The molecule has 1 aliphatic heterocycles. The normalized spacial score (nSPS) is 23.7. The van der Waals surface area contributed by atoms with Crippen LogP contribution < -0.4 is 21.3 Å². The Balaban J connectivity index is 1.95. The van der Waals surface area contributed by atoms with Gasteiger partial charge in [-0.3, -0.25) is 24.1 Å². The van der Waals surface area contributed by atoms with Gasteiger partial charge in [-0.05, 0) is 45.1 Å². The number of carbonyl (C=O) groups is 4. The number of carbonyl (C=O) groups excluding carboxylic acids is 4. The van der Waals surface area contributed by atoms with Gasteiger partial charge >= 0.3 is 0 Å². The molecule has 0 spiro atoms. The molecule has 2 aromatic rings. The smallest absolute Gasteiger partial charge is 0.243 e. The monoisotopic (exact) mass is 568 g/mol. The first-order chi connectivity index (χ1) is 19.5. The Kier molecular flexibility index (Phi) is 11.5. The molecule has 0 unspecified atom stereocenters. The number of nitrogens with zero attached hydrogens (tertiary/aromatic N) is 2. The van der Waals surface area contributed by atoms with Crippen LogP contribution in [0.2, 0.25) is 0 Å². The molecule has 11 heteroatoms. The summed E-state index contributed by atoms with van der Waals surface area (Å²) in [5, 5.41) is 15.6. The SMILES string of the molecule is CC[C@H]1CN(Cc2c(C)noc2C)CC(=O)N[C@H](C)C(=O)N[C@@H](CC(C)C)C(=O)N[C@@H](Cc2ccccc2)C(=O)N1. The predicted molar refractivity (Wildman–Crippen MR) is 155 cm³/mol. The second kappa shape index (κ2) is 14.8. The number of aromatic nitrogens is 1. The van der Waals surface area contributed by atoms with Gasteiger partial charge in [-0.2, -0.15) is 0 Å². The summed E-state index contributed by atoms with van der Waals surface area (Å²) < 4.78 is 5.32. The number of aryl methyl sites for hydroxylation is 2. The molecule has 224 valence electrons. The molecule has 2 heterocycles. The maximum atomic E-state index is 13.7. The number of rotatable bonds is 7. The van der Waals surface area contributed by atoms with Crippen LogP contribution in [-0.2, 0) is 32.1 Å². The highest BCUT2D eigenvalue weighted by atomic mass is 16.5. The lowest BCUT2D eigenvalue weighted by atomic mass is 10.0. The van der Waals surface area contributed by atoms with Gasteiger partial charge in [-0.1, -0.05) is 56.3 Å². The van der Waals surface area contributed by atoms with Gasteiger partial charge in [0.15, 0.2) is 0 Å². The largest absolute Gasteiger partial charge is 0.361 e. The highest BCUT2D eigenvalue weighted by Gasteiger charge is 2.31. The average molecular weight is 569 g/mol. The third-order valence-electron chi connectivity index (χ3n) is 7.27. The molecule has 4 amide bonds. The lowest BCUT2D eigenvalue weighted by Gasteiger charge is -2.29. The van der Waals surface area contributed by atoms with Crippen LogP contribution in [0.4, 0.5) is 0 Å². The van der Waals surface area contributed by atoms with Crippen LogP contribution in [0.25, 0.3) is 0 Å². The highest BCUT2D eigenvalue weighted by Crippen LogP contribution is 2.16. The van der Waals surface area contributed by atoms with Crippen LogP contribution in [-0.4, -0.2) is 70.9 Å². The number of nitrogens with one attached hydrogen (secondary N) is 4. The molecule has 3 rings (SSSR count). The fourth-order valence-electron chi connectivity index (χ4n) is 4.91. The molecule has 1 fully saturated rings. The zero-order valence-electron chi connectivity index (χ0n) is 25.0. The lowest BCUT2D eigenvalue weighted by Crippen LogP contribution is -2.57. The highest BCUT2D eigenvalue weighted by molar-refractivity contribution is 5.94. The van der Waals surface area contributed by atoms with Crippen molar-refractivity contribution in [1.82, 2.24) is 31.3 Å². The van der Waals surface area contributed by atoms with Gasteiger partial charge in [0.25, 0.3) is 0 Å². The molecule has 0 radical (unpaired) electrons. The van der Waals surface area contributed by atoms with Gasteiger partial charge < -0.3 is 25.8 Å². The fourth-order valence-corrected chi connectivity index (χ4v) is 4.91. The van der Waals surface area contributed by atoms with Crippen molar-refractivity contribution in [3.63, 3.8) is 0 Å². The van der Waals surface area contributed by atoms with Gasteiger partial charge in [0, 0.05) is 31.1 Å². The molecule has 41 heavy (non-hydrogen) atoms. The third-order valence-corrected chi connectivity index (χ3v) is 7.27. The summed E-state index contributed by atoms with van der Waals surface area (Å²) in [4.78, 5) is 55.2. The van der Waals surface area contributed by atoms with Crippen molar-refractivity contribution in [1.29, 1.82) is 0 Å². The zero-order chi connectivity index (χ0) is 30.1. The fraction of sp³-hybridized carbons (Fsp3) is 0.567. The van der Waals surface area contributed by atoms with E-state index in [2.05, 4.69) is 26.4 Å². The maximum Gasteiger partial charge on any atom is 0.243 e. The molecule has 11 nitrogen and oxygen atoms in total.